The van der Waals surface area contributed by atoms with Crippen molar-refractivity contribution in [3.05, 3.63) is 72.9 Å². The smallest absolute Gasteiger partial charge is 0.274 e. The fourth-order valence-corrected chi connectivity index (χ4v) is 3.74. The SMILES string of the molecule is Cn1cc(NC(=O)c2cccc(-c3cncc(N4CCOCC4)c3)n2)c(-c2ccccn2)n1. The van der Waals surface area contributed by atoms with Gasteiger partial charge in [0.15, 0.2) is 0 Å². The Kier molecular flexibility index (Phi) is 5.77. The van der Waals surface area contributed by atoms with Crippen LogP contribution in [0.3, 0.4) is 0 Å². The molecule has 0 atom stereocenters. The predicted molar refractivity (Wildman–Crippen MR) is 125 cm³/mol. The number of hydrogen-bond acceptors (Lipinski definition) is 7. The van der Waals surface area contributed by atoms with Crippen molar-refractivity contribution >= 4 is 17.3 Å². The van der Waals surface area contributed by atoms with Crippen LogP contribution in [0.4, 0.5) is 11.4 Å². The third kappa shape index (κ3) is 4.58. The molecule has 33 heavy (non-hydrogen) atoms. The average Bonchev–Trinajstić information content (AvgIpc) is 3.25. The van der Waals surface area contributed by atoms with E-state index in [9.17, 15) is 4.79 Å². The minimum absolute atomic E-state index is 0.306. The highest BCUT2D eigenvalue weighted by molar-refractivity contribution is 6.04. The molecule has 9 nitrogen and oxygen atoms in total. The summed E-state index contributed by atoms with van der Waals surface area (Å²) in [5.41, 5.74) is 4.71. The molecule has 1 aliphatic rings. The monoisotopic (exact) mass is 441 g/mol. The Bertz CT molecular complexity index is 1270. The number of nitrogens with zero attached hydrogens (tertiary/aromatic N) is 6. The van der Waals surface area contributed by atoms with E-state index in [0.29, 0.717) is 41.7 Å². The molecule has 0 saturated carbocycles. The maximum Gasteiger partial charge on any atom is 0.274 e. The summed E-state index contributed by atoms with van der Waals surface area (Å²) in [4.78, 5) is 28.6. The summed E-state index contributed by atoms with van der Waals surface area (Å²) in [6.07, 6.45) is 7.04. The second-order valence-corrected chi connectivity index (χ2v) is 7.67. The zero-order valence-corrected chi connectivity index (χ0v) is 18.2. The number of carbonyl (C=O) groups is 1. The minimum Gasteiger partial charge on any atom is -0.378 e. The molecule has 0 spiro atoms. The maximum absolute atomic E-state index is 13.0. The topological polar surface area (TPSA) is 98.1 Å². The highest BCUT2D eigenvalue weighted by Crippen LogP contribution is 2.26. The molecule has 1 aliphatic heterocycles. The minimum atomic E-state index is -0.320. The van der Waals surface area contributed by atoms with E-state index >= 15 is 0 Å². The van der Waals surface area contributed by atoms with E-state index in [1.165, 1.54) is 0 Å². The van der Waals surface area contributed by atoms with E-state index < -0.39 is 0 Å². The maximum atomic E-state index is 13.0. The summed E-state index contributed by atoms with van der Waals surface area (Å²) in [6.45, 7) is 3.05. The summed E-state index contributed by atoms with van der Waals surface area (Å²) in [7, 11) is 1.80. The first-order chi connectivity index (χ1) is 16.2. The van der Waals surface area contributed by atoms with Crippen LogP contribution >= 0.6 is 0 Å². The molecule has 1 amide bonds. The predicted octanol–water partition coefficient (Wildman–Crippen LogP) is 3.03. The van der Waals surface area contributed by atoms with Crippen molar-refractivity contribution in [3.8, 4) is 22.6 Å². The summed E-state index contributed by atoms with van der Waals surface area (Å²) < 4.78 is 7.08. The number of anilines is 2. The molecular formula is C24H23N7O2. The van der Waals surface area contributed by atoms with Crippen molar-refractivity contribution in [1.82, 2.24) is 24.7 Å². The molecule has 0 unspecified atom stereocenters. The molecule has 0 bridgehead atoms. The highest BCUT2D eigenvalue weighted by atomic mass is 16.5. The molecule has 166 valence electrons. The van der Waals surface area contributed by atoms with Crippen molar-refractivity contribution in [3.63, 3.8) is 0 Å². The normalized spacial score (nSPS) is 13.7. The largest absolute Gasteiger partial charge is 0.378 e. The lowest BCUT2D eigenvalue weighted by molar-refractivity contribution is 0.102. The van der Waals surface area contributed by atoms with Crippen LogP contribution in [0.1, 0.15) is 10.5 Å². The van der Waals surface area contributed by atoms with Gasteiger partial charge in [-0.25, -0.2) is 4.98 Å². The van der Waals surface area contributed by atoms with E-state index in [2.05, 4.69) is 30.3 Å². The number of hydrogen-bond donors (Lipinski definition) is 1. The number of ether oxygens (including phenoxy) is 1. The molecule has 4 aromatic heterocycles. The van der Waals surface area contributed by atoms with E-state index in [1.807, 2.05) is 42.6 Å². The first-order valence-corrected chi connectivity index (χ1v) is 10.7. The van der Waals surface area contributed by atoms with Crippen molar-refractivity contribution in [2.24, 2.45) is 7.05 Å². The lowest BCUT2D eigenvalue weighted by atomic mass is 10.1. The molecule has 0 aromatic carbocycles. The molecule has 9 heteroatoms. The van der Waals surface area contributed by atoms with E-state index in [-0.39, 0.29) is 5.91 Å². The number of morpholine rings is 1. The third-order valence-electron chi connectivity index (χ3n) is 5.36. The van der Waals surface area contributed by atoms with Gasteiger partial charge in [-0.15, -0.1) is 0 Å². The van der Waals surface area contributed by atoms with Crippen LogP contribution in [0.2, 0.25) is 0 Å². The Morgan fingerprint density at radius 2 is 1.91 bits per heavy atom. The van der Waals surface area contributed by atoms with Gasteiger partial charge in [0.2, 0.25) is 0 Å². The van der Waals surface area contributed by atoms with Gasteiger partial charge in [-0.1, -0.05) is 12.1 Å². The van der Waals surface area contributed by atoms with Crippen LogP contribution in [0.15, 0.2) is 67.3 Å². The fraction of sp³-hybridized carbons (Fsp3) is 0.208. The molecule has 0 radical (unpaired) electrons. The summed E-state index contributed by atoms with van der Waals surface area (Å²) >= 11 is 0. The number of aromatic nitrogens is 5. The number of pyridine rings is 3. The van der Waals surface area contributed by atoms with Gasteiger partial charge in [0.1, 0.15) is 11.4 Å². The van der Waals surface area contributed by atoms with Gasteiger partial charge in [0.05, 0.1) is 42.2 Å². The lowest BCUT2D eigenvalue weighted by Crippen LogP contribution is -2.36. The van der Waals surface area contributed by atoms with Crippen molar-refractivity contribution in [1.29, 1.82) is 0 Å². The van der Waals surface area contributed by atoms with Crippen LogP contribution in [-0.2, 0) is 11.8 Å². The standard InChI is InChI=1S/C24H23N7O2/c1-30-16-22(23(29-30)20-5-2-3-8-26-20)28-24(32)21-7-4-6-19(27-21)17-13-18(15-25-14-17)31-9-11-33-12-10-31/h2-8,13-16H,9-12H2,1H3,(H,28,32). The van der Waals surface area contributed by atoms with Gasteiger partial charge in [-0.05, 0) is 30.3 Å². The van der Waals surface area contributed by atoms with Crippen molar-refractivity contribution < 1.29 is 9.53 Å². The Labute approximate surface area is 191 Å². The fourth-order valence-electron chi connectivity index (χ4n) is 3.74. The van der Waals surface area contributed by atoms with Gasteiger partial charge < -0.3 is 15.0 Å². The number of aryl methyl sites for hydroxylation is 1. The van der Waals surface area contributed by atoms with Crippen LogP contribution in [0, 0.1) is 0 Å². The van der Waals surface area contributed by atoms with E-state index in [0.717, 1.165) is 24.3 Å². The van der Waals surface area contributed by atoms with Crippen LogP contribution in [-0.4, -0.2) is 56.9 Å². The van der Waals surface area contributed by atoms with Crippen LogP contribution in [0.25, 0.3) is 22.6 Å². The number of nitrogens with one attached hydrogen (secondary N) is 1. The van der Waals surface area contributed by atoms with Crippen LogP contribution < -0.4 is 10.2 Å². The Morgan fingerprint density at radius 1 is 1.06 bits per heavy atom. The van der Waals surface area contributed by atoms with Crippen molar-refractivity contribution in [2.45, 2.75) is 0 Å². The Hall–Kier alpha value is -4.11. The quantitative estimate of drug-likeness (QED) is 0.508. The Balaban J connectivity index is 1.39. The lowest BCUT2D eigenvalue weighted by Gasteiger charge is -2.28. The van der Waals surface area contributed by atoms with Crippen molar-refractivity contribution in [2.75, 3.05) is 36.5 Å². The zero-order valence-electron chi connectivity index (χ0n) is 18.2. The van der Waals surface area contributed by atoms with Gasteiger partial charge in [-0.2, -0.15) is 5.10 Å². The first-order valence-electron chi connectivity index (χ1n) is 10.7. The molecule has 1 saturated heterocycles. The second-order valence-electron chi connectivity index (χ2n) is 7.67. The molecule has 1 N–H and O–H groups in total. The van der Waals surface area contributed by atoms with E-state index in [4.69, 9.17) is 4.74 Å². The summed E-state index contributed by atoms with van der Waals surface area (Å²) in [5, 5.41) is 7.37. The zero-order chi connectivity index (χ0) is 22.6. The van der Waals surface area contributed by atoms with Crippen LogP contribution in [0.5, 0.6) is 0 Å². The molecule has 0 aliphatic carbocycles. The number of rotatable bonds is 5. The molecule has 4 aromatic rings. The molecular weight excluding hydrogens is 418 g/mol. The Morgan fingerprint density at radius 3 is 2.73 bits per heavy atom. The number of amides is 1. The van der Waals surface area contributed by atoms with Gasteiger partial charge in [0, 0.05) is 44.3 Å². The molecule has 5 heterocycles. The third-order valence-corrected chi connectivity index (χ3v) is 5.36. The second kappa shape index (κ2) is 9.17. The van der Waals surface area contributed by atoms with Gasteiger partial charge in [-0.3, -0.25) is 19.4 Å². The number of carbonyl (C=O) groups excluding carboxylic acids is 1. The highest BCUT2D eigenvalue weighted by Gasteiger charge is 2.17. The van der Waals surface area contributed by atoms with Gasteiger partial charge >= 0.3 is 0 Å². The average molecular weight is 441 g/mol. The molecule has 5 rings (SSSR count). The summed E-state index contributed by atoms with van der Waals surface area (Å²) in [5.74, 6) is -0.320. The molecule has 1 fully saturated rings. The van der Waals surface area contributed by atoms with Gasteiger partial charge in [0.25, 0.3) is 5.91 Å². The first kappa shape index (κ1) is 20.8. The summed E-state index contributed by atoms with van der Waals surface area (Å²) in [6, 6.07) is 13.0. The van der Waals surface area contributed by atoms with E-state index in [1.54, 1.807) is 36.4 Å².